The summed E-state index contributed by atoms with van der Waals surface area (Å²) in [4.78, 5) is 17.2. The van der Waals surface area contributed by atoms with Gasteiger partial charge in [0.15, 0.2) is 0 Å². The zero-order valence-corrected chi connectivity index (χ0v) is 14.5. The lowest BCUT2D eigenvalue weighted by atomic mass is 10.3. The Morgan fingerprint density at radius 2 is 2.29 bits per heavy atom. The molecule has 0 atom stereocenters. The van der Waals surface area contributed by atoms with Gasteiger partial charge in [-0.2, -0.15) is 4.98 Å². The molecule has 1 amide bonds. The summed E-state index contributed by atoms with van der Waals surface area (Å²) >= 11 is 2.97. The molecule has 0 aliphatic heterocycles. The van der Waals surface area contributed by atoms with Gasteiger partial charge in [0.25, 0.3) is 0 Å². The van der Waals surface area contributed by atoms with Gasteiger partial charge in [0.05, 0.1) is 23.5 Å². The van der Waals surface area contributed by atoms with Crippen molar-refractivity contribution < 1.29 is 14.1 Å². The summed E-state index contributed by atoms with van der Waals surface area (Å²) in [6, 6.07) is 11.1. The summed E-state index contributed by atoms with van der Waals surface area (Å²) in [5.74, 6) is 2.50. The summed E-state index contributed by atoms with van der Waals surface area (Å²) in [6.45, 7) is 0. The van der Waals surface area contributed by atoms with E-state index in [1.54, 1.807) is 24.5 Å². The standard InChI is InChI=1S/C16H15N3O3S2/c1-21-12-5-2-4-11(8-12)17-14(20)9-23-10-15-18-16(19-22-15)13-6-3-7-24-13/h2-8H,9-10H2,1H3,(H,17,20). The van der Waals surface area contributed by atoms with Crippen LogP contribution < -0.4 is 10.1 Å². The van der Waals surface area contributed by atoms with E-state index in [-0.39, 0.29) is 5.91 Å². The van der Waals surface area contributed by atoms with E-state index in [9.17, 15) is 4.79 Å². The molecular weight excluding hydrogens is 346 g/mol. The number of nitrogens with one attached hydrogen (secondary N) is 1. The van der Waals surface area contributed by atoms with E-state index < -0.39 is 0 Å². The largest absolute Gasteiger partial charge is 0.497 e. The molecule has 124 valence electrons. The molecule has 2 aromatic heterocycles. The summed E-state index contributed by atoms with van der Waals surface area (Å²) in [7, 11) is 1.59. The van der Waals surface area contributed by atoms with Gasteiger partial charge in [-0.15, -0.1) is 23.1 Å². The smallest absolute Gasteiger partial charge is 0.236 e. The van der Waals surface area contributed by atoms with E-state index in [1.165, 1.54) is 11.8 Å². The van der Waals surface area contributed by atoms with Crippen molar-refractivity contribution in [1.82, 2.24) is 10.1 Å². The monoisotopic (exact) mass is 361 g/mol. The number of thioether (sulfide) groups is 1. The molecule has 8 heteroatoms. The van der Waals surface area contributed by atoms with Gasteiger partial charge in [0.1, 0.15) is 5.75 Å². The Hall–Kier alpha value is -2.32. The van der Waals surface area contributed by atoms with Crippen molar-refractivity contribution in [3.05, 3.63) is 47.7 Å². The van der Waals surface area contributed by atoms with Crippen LogP contribution in [0.1, 0.15) is 5.89 Å². The number of ether oxygens (including phenoxy) is 1. The molecular formula is C16H15N3O3S2. The summed E-state index contributed by atoms with van der Waals surface area (Å²) in [6.07, 6.45) is 0. The fourth-order valence-corrected chi connectivity index (χ4v) is 3.25. The van der Waals surface area contributed by atoms with Gasteiger partial charge in [-0.25, -0.2) is 0 Å². The van der Waals surface area contributed by atoms with Crippen LogP contribution in [0.4, 0.5) is 5.69 Å². The summed E-state index contributed by atoms with van der Waals surface area (Å²) < 4.78 is 10.3. The van der Waals surface area contributed by atoms with Crippen LogP contribution in [-0.2, 0) is 10.5 Å². The van der Waals surface area contributed by atoms with Crippen LogP contribution in [0.2, 0.25) is 0 Å². The number of benzene rings is 1. The lowest BCUT2D eigenvalue weighted by molar-refractivity contribution is -0.113. The average molecular weight is 361 g/mol. The molecule has 0 unspecified atom stereocenters. The molecule has 3 aromatic rings. The van der Waals surface area contributed by atoms with Gasteiger partial charge in [-0.1, -0.05) is 17.3 Å². The highest BCUT2D eigenvalue weighted by Crippen LogP contribution is 2.22. The zero-order chi connectivity index (χ0) is 16.8. The van der Waals surface area contributed by atoms with Gasteiger partial charge in [0, 0.05) is 11.8 Å². The minimum Gasteiger partial charge on any atom is -0.497 e. The van der Waals surface area contributed by atoms with Crippen molar-refractivity contribution in [2.45, 2.75) is 5.75 Å². The zero-order valence-electron chi connectivity index (χ0n) is 12.9. The topological polar surface area (TPSA) is 77.2 Å². The molecule has 0 aliphatic rings. The van der Waals surface area contributed by atoms with E-state index in [0.29, 0.717) is 34.7 Å². The number of amides is 1. The molecule has 0 saturated carbocycles. The maximum atomic E-state index is 12.0. The molecule has 24 heavy (non-hydrogen) atoms. The molecule has 0 saturated heterocycles. The fourth-order valence-electron chi connectivity index (χ4n) is 1.95. The number of thiophene rings is 1. The summed E-state index contributed by atoms with van der Waals surface area (Å²) in [5.41, 5.74) is 0.706. The van der Waals surface area contributed by atoms with Crippen LogP contribution in [-0.4, -0.2) is 28.9 Å². The maximum absolute atomic E-state index is 12.0. The van der Waals surface area contributed by atoms with Crippen LogP contribution in [0.3, 0.4) is 0 Å². The number of rotatable bonds is 7. The first-order valence-corrected chi connectivity index (χ1v) is 9.16. The predicted octanol–water partition coefficient (Wildman–Crippen LogP) is 3.68. The third kappa shape index (κ3) is 4.36. The first-order chi connectivity index (χ1) is 11.7. The molecule has 1 N–H and O–H groups in total. The minimum absolute atomic E-state index is 0.0914. The van der Waals surface area contributed by atoms with Gasteiger partial charge in [0.2, 0.25) is 17.6 Å². The third-order valence-corrected chi connectivity index (χ3v) is 4.81. The SMILES string of the molecule is COc1cccc(NC(=O)CSCc2nc(-c3cccs3)no2)c1. The molecule has 2 heterocycles. The molecule has 3 rings (SSSR count). The van der Waals surface area contributed by atoms with Crippen LogP contribution in [0, 0.1) is 0 Å². The van der Waals surface area contributed by atoms with E-state index >= 15 is 0 Å². The lowest BCUT2D eigenvalue weighted by Gasteiger charge is -2.06. The van der Waals surface area contributed by atoms with Crippen LogP contribution >= 0.6 is 23.1 Å². The predicted molar refractivity (Wildman–Crippen MR) is 95.4 cm³/mol. The van der Waals surface area contributed by atoms with E-state index in [0.717, 1.165) is 4.88 Å². The molecule has 0 fully saturated rings. The number of methoxy groups -OCH3 is 1. The van der Waals surface area contributed by atoms with Crippen molar-refractivity contribution in [3.63, 3.8) is 0 Å². The Balaban J connectivity index is 1.46. The number of carbonyl (C=O) groups is 1. The van der Waals surface area contributed by atoms with Crippen molar-refractivity contribution in [2.24, 2.45) is 0 Å². The molecule has 0 aliphatic carbocycles. The van der Waals surface area contributed by atoms with Crippen LogP contribution in [0.25, 0.3) is 10.7 Å². The number of aromatic nitrogens is 2. The second-order valence-corrected chi connectivity index (χ2v) is 6.70. The second kappa shape index (κ2) is 7.98. The highest BCUT2D eigenvalue weighted by atomic mass is 32.2. The first-order valence-electron chi connectivity index (χ1n) is 7.13. The van der Waals surface area contributed by atoms with Gasteiger partial charge < -0.3 is 14.6 Å². The second-order valence-electron chi connectivity index (χ2n) is 4.76. The number of carbonyl (C=O) groups excluding carboxylic acids is 1. The van der Waals surface area contributed by atoms with E-state index in [1.807, 2.05) is 35.7 Å². The average Bonchev–Trinajstić information content (AvgIpc) is 3.26. The Labute approximate surface area is 147 Å². The number of hydrogen-bond acceptors (Lipinski definition) is 7. The Kier molecular flexibility index (Phi) is 5.50. The van der Waals surface area contributed by atoms with E-state index in [4.69, 9.17) is 9.26 Å². The van der Waals surface area contributed by atoms with Crippen molar-refractivity contribution in [3.8, 4) is 16.5 Å². The molecule has 1 aromatic carbocycles. The number of anilines is 1. The first kappa shape index (κ1) is 16.5. The lowest BCUT2D eigenvalue weighted by Crippen LogP contribution is -2.14. The van der Waals surface area contributed by atoms with Gasteiger partial charge in [-0.05, 0) is 23.6 Å². The molecule has 6 nitrogen and oxygen atoms in total. The highest BCUT2D eigenvalue weighted by molar-refractivity contribution is 7.99. The van der Waals surface area contributed by atoms with E-state index in [2.05, 4.69) is 15.5 Å². The normalized spacial score (nSPS) is 10.5. The Morgan fingerprint density at radius 3 is 3.08 bits per heavy atom. The summed E-state index contributed by atoms with van der Waals surface area (Å²) in [5, 5.41) is 8.73. The Morgan fingerprint density at radius 1 is 1.38 bits per heavy atom. The molecule has 0 spiro atoms. The van der Waals surface area contributed by atoms with Gasteiger partial charge >= 0.3 is 0 Å². The Bertz CT molecular complexity index is 803. The van der Waals surface area contributed by atoms with Gasteiger partial charge in [-0.3, -0.25) is 4.79 Å². The van der Waals surface area contributed by atoms with Crippen molar-refractivity contribution >= 4 is 34.7 Å². The van der Waals surface area contributed by atoms with Crippen molar-refractivity contribution in [2.75, 3.05) is 18.2 Å². The number of hydrogen-bond donors (Lipinski definition) is 1. The quantitative estimate of drug-likeness (QED) is 0.692. The maximum Gasteiger partial charge on any atom is 0.236 e. The molecule has 0 radical (unpaired) electrons. The van der Waals surface area contributed by atoms with Crippen LogP contribution in [0.15, 0.2) is 46.3 Å². The minimum atomic E-state index is -0.0914. The third-order valence-electron chi connectivity index (χ3n) is 3.02. The van der Waals surface area contributed by atoms with Crippen molar-refractivity contribution in [1.29, 1.82) is 0 Å². The highest BCUT2D eigenvalue weighted by Gasteiger charge is 2.10. The number of nitrogens with zero attached hydrogens (tertiary/aromatic N) is 2. The fraction of sp³-hybridized carbons (Fsp3) is 0.188. The molecule has 0 bridgehead atoms. The van der Waals surface area contributed by atoms with Crippen LogP contribution in [0.5, 0.6) is 5.75 Å².